The van der Waals surface area contributed by atoms with Gasteiger partial charge in [-0.2, -0.15) is 0 Å². The zero-order valence-electron chi connectivity index (χ0n) is 17.3. The summed E-state index contributed by atoms with van der Waals surface area (Å²) in [5.41, 5.74) is 6.33. The zero-order valence-corrected chi connectivity index (χ0v) is 17.3. The van der Waals surface area contributed by atoms with Gasteiger partial charge in [0.15, 0.2) is 0 Å². The van der Waals surface area contributed by atoms with Crippen molar-refractivity contribution in [2.45, 2.75) is 58.0 Å². The van der Waals surface area contributed by atoms with E-state index in [1.807, 2.05) is 30.3 Å². The number of urea groups is 1. The zero-order chi connectivity index (χ0) is 21.6. The Hall–Kier alpha value is -2.61. The molecule has 6 N–H and O–H groups in total. The maximum atomic E-state index is 12.6. The van der Waals surface area contributed by atoms with Crippen molar-refractivity contribution in [3.05, 3.63) is 35.9 Å². The summed E-state index contributed by atoms with van der Waals surface area (Å²) in [6.07, 6.45) is 2.70. The molecule has 0 saturated heterocycles. The number of aliphatic carboxylic acids is 1. The van der Waals surface area contributed by atoms with E-state index in [1.54, 1.807) is 0 Å². The molecule has 162 valence electrons. The minimum atomic E-state index is -1.11. The van der Waals surface area contributed by atoms with Gasteiger partial charge in [0.1, 0.15) is 12.1 Å². The number of nitrogens with two attached hydrogens (primary N) is 1. The molecule has 0 aliphatic heterocycles. The van der Waals surface area contributed by atoms with E-state index >= 15 is 0 Å². The largest absolute Gasteiger partial charge is 0.480 e. The fourth-order valence-corrected chi connectivity index (χ4v) is 2.77. The average molecular weight is 407 g/mol. The summed E-state index contributed by atoms with van der Waals surface area (Å²) in [5.74, 6) is -0.957. The molecule has 2 atom stereocenters. The van der Waals surface area contributed by atoms with E-state index in [0.29, 0.717) is 38.3 Å². The van der Waals surface area contributed by atoms with Crippen LogP contribution in [-0.2, 0) is 16.0 Å². The SMILES string of the molecule is CC(C)CCNC(=O)C(Cc1ccccc1)NC(=O)NC(CCCCN)C(=O)O. The summed E-state index contributed by atoms with van der Waals surface area (Å²) < 4.78 is 0. The number of nitrogens with one attached hydrogen (secondary N) is 3. The van der Waals surface area contributed by atoms with Gasteiger partial charge in [-0.15, -0.1) is 0 Å². The molecule has 2 unspecified atom stereocenters. The number of amides is 3. The fraction of sp³-hybridized carbons (Fsp3) is 0.571. The van der Waals surface area contributed by atoms with Crippen LogP contribution in [0.5, 0.6) is 0 Å². The van der Waals surface area contributed by atoms with Crippen LogP contribution in [0.3, 0.4) is 0 Å². The lowest BCUT2D eigenvalue weighted by molar-refractivity contribution is -0.139. The first kappa shape index (κ1) is 24.4. The lowest BCUT2D eigenvalue weighted by atomic mass is 10.0. The van der Waals surface area contributed by atoms with E-state index in [-0.39, 0.29) is 12.3 Å². The molecular weight excluding hydrogens is 372 g/mol. The standard InChI is InChI=1S/C21H34N4O4/c1-15(2)11-13-23-19(26)18(14-16-8-4-3-5-9-16)25-21(29)24-17(20(27)28)10-6-7-12-22/h3-5,8-9,15,17-18H,6-7,10-14,22H2,1-2H3,(H,23,26)(H,27,28)(H2,24,25,29). The van der Waals surface area contributed by atoms with Gasteiger partial charge < -0.3 is 26.8 Å². The molecular formula is C21H34N4O4. The first-order valence-electron chi connectivity index (χ1n) is 10.1. The molecule has 1 rings (SSSR count). The molecule has 0 aliphatic carbocycles. The van der Waals surface area contributed by atoms with Crippen LogP contribution in [-0.4, -0.2) is 48.2 Å². The van der Waals surface area contributed by atoms with Crippen molar-refractivity contribution in [1.29, 1.82) is 0 Å². The van der Waals surface area contributed by atoms with Gasteiger partial charge in [-0.3, -0.25) is 4.79 Å². The third-order valence-corrected chi connectivity index (χ3v) is 4.48. The Bertz CT molecular complexity index is 637. The molecule has 8 nitrogen and oxygen atoms in total. The molecule has 1 aromatic carbocycles. The van der Waals surface area contributed by atoms with Crippen molar-refractivity contribution in [1.82, 2.24) is 16.0 Å². The molecule has 0 bridgehead atoms. The highest BCUT2D eigenvalue weighted by Crippen LogP contribution is 2.05. The second kappa shape index (κ2) is 13.5. The molecule has 3 amide bonds. The minimum absolute atomic E-state index is 0.282. The summed E-state index contributed by atoms with van der Waals surface area (Å²) in [7, 11) is 0. The normalized spacial score (nSPS) is 12.8. The monoisotopic (exact) mass is 406 g/mol. The van der Waals surface area contributed by atoms with Gasteiger partial charge in [0.2, 0.25) is 5.91 Å². The molecule has 0 saturated carbocycles. The van der Waals surface area contributed by atoms with Crippen LogP contribution >= 0.6 is 0 Å². The van der Waals surface area contributed by atoms with E-state index in [4.69, 9.17) is 5.73 Å². The smallest absolute Gasteiger partial charge is 0.326 e. The molecule has 0 spiro atoms. The van der Waals surface area contributed by atoms with Crippen molar-refractivity contribution in [3.63, 3.8) is 0 Å². The maximum Gasteiger partial charge on any atom is 0.326 e. The van der Waals surface area contributed by atoms with Gasteiger partial charge in [-0.1, -0.05) is 44.2 Å². The number of rotatable bonds is 13. The Morgan fingerprint density at radius 1 is 1.00 bits per heavy atom. The Kier molecular flexibility index (Phi) is 11.4. The number of benzene rings is 1. The predicted molar refractivity (Wildman–Crippen MR) is 112 cm³/mol. The van der Waals surface area contributed by atoms with E-state index in [1.165, 1.54) is 0 Å². The number of carbonyl (C=O) groups is 3. The molecule has 29 heavy (non-hydrogen) atoms. The Morgan fingerprint density at radius 2 is 1.66 bits per heavy atom. The fourth-order valence-electron chi connectivity index (χ4n) is 2.77. The summed E-state index contributed by atoms with van der Waals surface area (Å²) >= 11 is 0. The van der Waals surface area contributed by atoms with Gasteiger partial charge in [0.05, 0.1) is 0 Å². The third-order valence-electron chi connectivity index (χ3n) is 4.48. The molecule has 8 heteroatoms. The third kappa shape index (κ3) is 10.5. The highest BCUT2D eigenvalue weighted by Gasteiger charge is 2.24. The highest BCUT2D eigenvalue weighted by molar-refractivity contribution is 5.89. The Labute approximate surface area is 172 Å². The molecule has 0 radical (unpaired) electrons. The van der Waals surface area contributed by atoms with Crippen molar-refractivity contribution < 1.29 is 19.5 Å². The second-order valence-electron chi connectivity index (χ2n) is 7.51. The summed E-state index contributed by atoms with van der Waals surface area (Å²) in [5, 5.41) is 17.2. The first-order valence-corrected chi connectivity index (χ1v) is 10.1. The highest BCUT2D eigenvalue weighted by atomic mass is 16.4. The van der Waals surface area contributed by atoms with Crippen LogP contribution in [0.1, 0.15) is 45.1 Å². The van der Waals surface area contributed by atoms with Crippen molar-refractivity contribution in [2.75, 3.05) is 13.1 Å². The van der Waals surface area contributed by atoms with Gasteiger partial charge in [-0.25, -0.2) is 9.59 Å². The maximum absolute atomic E-state index is 12.6. The molecule has 0 fully saturated rings. The van der Waals surface area contributed by atoms with Crippen molar-refractivity contribution >= 4 is 17.9 Å². The number of hydrogen-bond acceptors (Lipinski definition) is 4. The number of carboxylic acid groups (broad SMARTS) is 1. The van der Waals surface area contributed by atoms with E-state index in [9.17, 15) is 19.5 Å². The lowest BCUT2D eigenvalue weighted by Crippen LogP contribution is -2.54. The van der Waals surface area contributed by atoms with Crippen LogP contribution in [0.2, 0.25) is 0 Å². The van der Waals surface area contributed by atoms with E-state index < -0.39 is 24.1 Å². The summed E-state index contributed by atoms with van der Waals surface area (Å²) in [6, 6.07) is 6.85. The van der Waals surface area contributed by atoms with Crippen molar-refractivity contribution in [3.8, 4) is 0 Å². The van der Waals surface area contributed by atoms with E-state index in [2.05, 4.69) is 29.8 Å². The topological polar surface area (TPSA) is 134 Å². The summed E-state index contributed by atoms with van der Waals surface area (Å²) in [6.45, 7) is 5.11. The van der Waals surface area contributed by atoms with Crippen LogP contribution in [0.15, 0.2) is 30.3 Å². The minimum Gasteiger partial charge on any atom is -0.480 e. The average Bonchev–Trinajstić information content (AvgIpc) is 2.67. The van der Waals surface area contributed by atoms with Crippen LogP contribution in [0, 0.1) is 5.92 Å². The second-order valence-corrected chi connectivity index (χ2v) is 7.51. The van der Waals surface area contributed by atoms with Gasteiger partial charge in [0.25, 0.3) is 0 Å². The van der Waals surface area contributed by atoms with Gasteiger partial charge in [0, 0.05) is 13.0 Å². The molecule has 0 aromatic heterocycles. The predicted octanol–water partition coefficient (Wildman–Crippen LogP) is 1.64. The van der Waals surface area contributed by atoms with Crippen LogP contribution in [0.25, 0.3) is 0 Å². The first-order chi connectivity index (χ1) is 13.8. The van der Waals surface area contributed by atoms with Crippen LogP contribution in [0.4, 0.5) is 4.79 Å². The quantitative estimate of drug-likeness (QED) is 0.318. The number of hydrogen-bond donors (Lipinski definition) is 5. The van der Waals surface area contributed by atoms with Crippen LogP contribution < -0.4 is 21.7 Å². The Morgan fingerprint density at radius 3 is 2.24 bits per heavy atom. The molecule has 0 aliphatic rings. The van der Waals surface area contributed by atoms with E-state index in [0.717, 1.165) is 12.0 Å². The molecule has 0 heterocycles. The van der Waals surface area contributed by atoms with Gasteiger partial charge >= 0.3 is 12.0 Å². The van der Waals surface area contributed by atoms with Gasteiger partial charge in [-0.05, 0) is 43.7 Å². The lowest BCUT2D eigenvalue weighted by Gasteiger charge is -2.21. The molecule has 1 aromatic rings. The van der Waals surface area contributed by atoms with Crippen molar-refractivity contribution in [2.24, 2.45) is 11.7 Å². The summed E-state index contributed by atoms with van der Waals surface area (Å²) in [4.78, 5) is 36.4. The number of unbranched alkanes of at least 4 members (excludes halogenated alkanes) is 1. The number of carboxylic acids is 1. The Balaban J connectivity index is 2.73. The number of carbonyl (C=O) groups excluding carboxylic acids is 2.